The molecule has 248 valence electrons. The zero-order valence-corrected chi connectivity index (χ0v) is 22.7. The van der Waals surface area contributed by atoms with Crippen LogP contribution in [0.3, 0.4) is 0 Å². The molecule has 2 saturated carbocycles. The number of aliphatic hydroxyl groups is 12. The van der Waals surface area contributed by atoms with Gasteiger partial charge in [0.05, 0.1) is 14.4 Å². The Morgan fingerprint density at radius 2 is 0.929 bits per heavy atom. The van der Waals surface area contributed by atoms with Crippen molar-refractivity contribution in [2.45, 2.75) is 104 Å². The van der Waals surface area contributed by atoms with Crippen molar-refractivity contribution in [2.75, 3.05) is 6.61 Å². The van der Waals surface area contributed by atoms with E-state index in [2.05, 4.69) is 13.6 Å². The lowest BCUT2D eigenvalue weighted by Gasteiger charge is -2.49. The van der Waals surface area contributed by atoms with Gasteiger partial charge in [-0.25, -0.2) is 0 Å². The molecule has 1 saturated heterocycles. The second-order valence-electron chi connectivity index (χ2n) is 9.86. The molecule has 1 aliphatic heterocycles. The van der Waals surface area contributed by atoms with Gasteiger partial charge in [0, 0.05) is 0 Å². The third-order valence-electron chi connectivity index (χ3n) is 6.98. The van der Waals surface area contributed by atoms with E-state index in [0.717, 1.165) is 0 Å². The molecule has 1 heterocycles. The molecule has 42 heavy (non-hydrogen) atoms. The third-order valence-corrected chi connectivity index (χ3v) is 8.45. The Morgan fingerprint density at radius 1 is 0.524 bits per heavy atom. The van der Waals surface area contributed by atoms with Crippen molar-refractivity contribution in [2.24, 2.45) is 0 Å². The molecule has 0 bridgehead atoms. The van der Waals surface area contributed by atoms with Gasteiger partial charge in [-0.05, 0) is 0 Å². The maximum absolute atomic E-state index is 12.3. The molecule has 0 radical (unpaired) electrons. The normalized spacial score (nSPS) is 50.3. The summed E-state index contributed by atoms with van der Waals surface area (Å²) in [6.45, 7) is -1.29. The minimum atomic E-state index is -5.97. The quantitative estimate of drug-likeness (QED) is 0.102. The summed E-state index contributed by atoms with van der Waals surface area (Å²) in [5.41, 5.74) is 0. The summed E-state index contributed by atoms with van der Waals surface area (Å²) < 4.78 is 46.9. The molecule has 3 fully saturated rings. The highest BCUT2D eigenvalue weighted by atomic mass is 31.2. The van der Waals surface area contributed by atoms with E-state index in [1.807, 2.05) is 0 Å². The van der Waals surface area contributed by atoms with Gasteiger partial charge in [-0.15, -0.1) is 0 Å². The van der Waals surface area contributed by atoms with E-state index in [4.69, 9.17) is 9.47 Å². The summed E-state index contributed by atoms with van der Waals surface area (Å²) in [7, 11) is -11.6. The molecule has 3 rings (SSSR count). The Balaban J connectivity index is 1.73. The average Bonchev–Trinajstić information content (AvgIpc) is 2.91. The second-order valence-corrected chi connectivity index (χ2v) is 12.3. The first-order valence-electron chi connectivity index (χ1n) is 12.0. The van der Waals surface area contributed by atoms with E-state index in [-0.39, 0.29) is 0 Å². The summed E-state index contributed by atoms with van der Waals surface area (Å²) in [6, 6.07) is 0. The van der Waals surface area contributed by atoms with Crippen LogP contribution in [0.4, 0.5) is 0 Å². The largest absolute Gasteiger partial charge is 0.790 e. The molecule has 12 N–H and O–H groups in total. The van der Waals surface area contributed by atoms with E-state index in [1.165, 1.54) is 0 Å². The molecular weight excluding hydrogens is 630 g/mol. The zero-order valence-electron chi connectivity index (χ0n) is 20.9. The van der Waals surface area contributed by atoms with Gasteiger partial charge in [0.25, 0.3) is 7.82 Å². The molecule has 0 aromatic rings. The summed E-state index contributed by atoms with van der Waals surface area (Å²) in [6.07, 6.45) is -38.0. The van der Waals surface area contributed by atoms with Crippen LogP contribution in [-0.2, 0) is 32.2 Å². The van der Waals surface area contributed by atoms with Crippen molar-refractivity contribution in [3.8, 4) is 0 Å². The fourth-order valence-electron chi connectivity index (χ4n) is 4.60. The van der Waals surface area contributed by atoms with Crippen molar-refractivity contribution in [3.63, 3.8) is 0 Å². The second kappa shape index (κ2) is 13.6. The maximum Gasteiger partial charge on any atom is 0.268 e. The molecule has 0 spiro atoms. The maximum atomic E-state index is 12.3. The molecule has 2 aliphatic carbocycles. The lowest BCUT2D eigenvalue weighted by molar-refractivity contribution is -0.366. The van der Waals surface area contributed by atoms with E-state index in [1.54, 1.807) is 0 Å². The van der Waals surface area contributed by atoms with Gasteiger partial charge in [0.2, 0.25) is 0 Å². The molecule has 0 aromatic heterocycles. The molecule has 24 heteroatoms. The number of phosphoric ester groups is 2. The summed E-state index contributed by atoms with van der Waals surface area (Å²) in [5.74, 6) is 0. The first kappa shape index (κ1) is 36.1. The van der Waals surface area contributed by atoms with Gasteiger partial charge < -0.3 is 104 Å². The molecule has 22 nitrogen and oxygen atoms in total. The summed E-state index contributed by atoms with van der Waals surface area (Å²) in [5, 5.41) is 120. The first-order valence-corrected chi connectivity index (χ1v) is 14.9. The lowest BCUT2D eigenvalue weighted by Crippen LogP contribution is -2.67. The van der Waals surface area contributed by atoms with Crippen molar-refractivity contribution in [3.05, 3.63) is 0 Å². The standard InChI is InChI=1S/C18H34O22P2/c19-3-2(1-36-42(34,35)40-15-10(26)6(22)5(21)7(23)11(15)27)37-18(14(30)4(3)20)38-16-12(28)8(24)9(25)13(29)17(16)39-41(31,32)33/h2-30H,1H2,(H,34,35)(H2,31,32,33)/p-3/t2-,3-,4+,5?,6-,7+,8-,9-,10-,11-,12+,13-,14+,15?,16-,17-,18?/m1/s1. The monoisotopic (exact) mass is 661 g/mol. The van der Waals surface area contributed by atoms with E-state index >= 15 is 0 Å². The highest BCUT2D eigenvalue weighted by molar-refractivity contribution is 7.45. The highest BCUT2D eigenvalue weighted by Crippen LogP contribution is 2.44. The summed E-state index contributed by atoms with van der Waals surface area (Å²) >= 11 is 0. The van der Waals surface area contributed by atoms with Crippen molar-refractivity contribution >= 4 is 15.6 Å². The minimum absolute atomic E-state index is 1.29. The fraction of sp³-hybridized carbons (Fsp3) is 1.00. The molecule has 18 atom stereocenters. The molecule has 4 unspecified atom stereocenters. The summed E-state index contributed by atoms with van der Waals surface area (Å²) in [4.78, 5) is 34.6. The Bertz CT molecular complexity index is 982. The minimum Gasteiger partial charge on any atom is -0.790 e. The smallest absolute Gasteiger partial charge is 0.268 e. The Hall–Kier alpha value is -0.340. The van der Waals surface area contributed by atoms with Gasteiger partial charge in [0.1, 0.15) is 97.7 Å². The van der Waals surface area contributed by atoms with E-state index in [0.29, 0.717) is 0 Å². The van der Waals surface area contributed by atoms with Crippen molar-refractivity contribution in [1.82, 2.24) is 0 Å². The average molecular weight is 661 g/mol. The number of ether oxygens (including phenoxy) is 2. The zero-order chi connectivity index (χ0) is 32.1. The fourth-order valence-corrected chi connectivity index (χ4v) is 6.08. The van der Waals surface area contributed by atoms with Crippen LogP contribution in [0.5, 0.6) is 0 Å². The van der Waals surface area contributed by atoms with Gasteiger partial charge in [-0.3, -0.25) is 4.57 Å². The molecule has 0 aromatic carbocycles. The van der Waals surface area contributed by atoms with Crippen LogP contribution < -0.4 is 14.7 Å². The van der Waals surface area contributed by atoms with Gasteiger partial charge >= 0.3 is 0 Å². The Kier molecular flexibility index (Phi) is 11.7. The van der Waals surface area contributed by atoms with Crippen LogP contribution in [0, 0.1) is 0 Å². The SMILES string of the molecule is O=P([O-])([O-])O[C@@H]1[C@H](O)[C@H](O)[C@@H](O)[C@H](O)[C@H]1OC1O[C@H](COP(=O)([O-])OC2[C@H](O)[C@H](O)C(O)[C@H](O)[C@H]2O)[C@@H](O)[C@H](O)[C@@H]1O. The predicted molar refractivity (Wildman–Crippen MR) is 117 cm³/mol. The number of aliphatic hydroxyl groups excluding tert-OH is 12. The molecule has 3 aliphatic rings. The molecule has 0 amide bonds. The van der Waals surface area contributed by atoms with E-state index < -0.39 is 126 Å². The lowest BCUT2D eigenvalue weighted by atomic mass is 9.84. The van der Waals surface area contributed by atoms with Crippen LogP contribution in [0.1, 0.15) is 0 Å². The number of rotatable bonds is 9. The number of hydrogen-bond acceptors (Lipinski definition) is 22. The van der Waals surface area contributed by atoms with Gasteiger partial charge in [-0.1, -0.05) is 0 Å². The van der Waals surface area contributed by atoms with Crippen LogP contribution in [0.25, 0.3) is 0 Å². The highest BCUT2D eigenvalue weighted by Gasteiger charge is 2.54. The number of phosphoric acid groups is 2. The van der Waals surface area contributed by atoms with Crippen molar-refractivity contribution in [1.29, 1.82) is 0 Å². The Labute approximate surface area is 235 Å². The van der Waals surface area contributed by atoms with Gasteiger partial charge in [-0.2, -0.15) is 0 Å². The van der Waals surface area contributed by atoms with Crippen LogP contribution in [0.2, 0.25) is 0 Å². The third kappa shape index (κ3) is 7.71. The van der Waals surface area contributed by atoms with Crippen LogP contribution in [-0.4, -0.2) is 172 Å². The first-order chi connectivity index (χ1) is 19.2. The molecular formula is C18H31O22P2-3. The van der Waals surface area contributed by atoms with E-state index in [9.17, 15) is 85.1 Å². The van der Waals surface area contributed by atoms with Gasteiger partial charge in [0.15, 0.2) is 6.29 Å². The Morgan fingerprint density at radius 3 is 1.40 bits per heavy atom. The topological polar surface area (TPSA) is 392 Å². The van der Waals surface area contributed by atoms with Crippen molar-refractivity contribution < 1.29 is 108 Å². The number of hydrogen-bond donors (Lipinski definition) is 12. The van der Waals surface area contributed by atoms with Crippen LogP contribution >= 0.6 is 15.6 Å². The van der Waals surface area contributed by atoms with Crippen LogP contribution in [0.15, 0.2) is 0 Å². The predicted octanol–water partition coefficient (Wildman–Crippen LogP) is -10.5.